The van der Waals surface area contributed by atoms with Gasteiger partial charge in [0.25, 0.3) is 5.56 Å². The van der Waals surface area contributed by atoms with E-state index < -0.39 is 12.0 Å². The summed E-state index contributed by atoms with van der Waals surface area (Å²) in [6.45, 7) is 7.28. The zero-order valence-electron chi connectivity index (χ0n) is 25.7. The summed E-state index contributed by atoms with van der Waals surface area (Å²) in [7, 11) is 1.30. The number of esters is 1. The normalized spacial score (nSPS) is 14.2. The Bertz CT molecular complexity index is 1970. The van der Waals surface area contributed by atoms with Crippen LogP contribution >= 0.6 is 45.5 Å². The average molecular weight is 775 g/mol. The van der Waals surface area contributed by atoms with Gasteiger partial charge in [0.2, 0.25) is 0 Å². The molecular formula is C34H32ClIN2O7S. The van der Waals surface area contributed by atoms with Crippen LogP contribution in [0.5, 0.6) is 23.0 Å². The number of ether oxygens (including phenoxy) is 5. The molecule has 0 N–H and O–H groups in total. The number of benzene rings is 3. The maximum absolute atomic E-state index is 14.1. The minimum absolute atomic E-state index is 0.224. The molecule has 2 heterocycles. The largest absolute Gasteiger partial charge is 0.490 e. The van der Waals surface area contributed by atoms with Gasteiger partial charge in [0, 0.05) is 11.2 Å². The molecular weight excluding hydrogens is 743 g/mol. The first-order valence-electron chi connectivity index (χ1n) is 14.6. The van der Waals surface area contributed by atoms with Crippen LogP contribution in [0.25, 0.3) is 6.08 Å². The molecule has 0 saturated heterocycles. The molecule has 0 fully saturated rings. The second kappa shape index (κ2) is 15.2. The molecule has 1 aliphatic heterocycles. The lowest BCUT2D eigenvalue weighted by Crippen LogP contribution is -2.39. The van der Waals surface area contributed by atoms with Crippen molar-refractivity contribution in [2.45, 2.75) is 33.4 Å². The van der Waals surface area contributed by atoms with E-state index in [1.165, 1.54) is 29.2 Å². The Labute approximate surface area is 288 Å². The fraction of sp³-hybridized carbons (Fsp3) is 0.265. The van der Waals surface area contributed by atoms with Crippen molar-refractivity contribution in [3.05, 3.63) is 111 Å². The summed E-state index contributed by atoms with van der Waals surface area (Å²) >= 11 is 9.57. The number of methoxy groups -OCH3 is 1. The van der Waals surface area contributed by atoms with E-state index in [4.69, 9.17) is 35.3 Å². The van der Waals surface area contributed by atoms with Gasteiger partial charge in [0.15, 0.2) is 27.8 Å². The third-order valence-electron chi connectivity index (χ3n) is 6.91. The van der Waals surface area contributed by atoms with E-state index >= 15 is 0 Å². The van der Waals surface area contributed by atoms with Crippen LogP contribution < -0.4 is 33.8 Å². The van der Waals surface area contributed by atoms with Crippen LogP contribution in [-0.2, 0) is 16.1 Å². The SMILES string of the molecule is CCOc1ccc([C@H]2C(C(=O)OC)=CN=c3s/c(=C/c4cc(I)c(OCc5cccc(Cl)c5)c(OCC)c4)c(=O)n32)cc1OCC. The molecule has 0 saturated carbocycles. The predicted octanol–water partition coefficient (Wildman–Crippen LogP) is 6.05. The number of carbonyl (C=O) groups excluding carboxylic acids is 1. The number of hydrogen-bond donors (Lipinski definition) is 0. The number of hydrogen-bond acceptors (Lipinski definition) is 9. The molecule has 0 unspecified atom stereocenters. The number of nitrogens with zero attached hydrogens (tertiary/aromatic N) is 2. The lowest BCUT2D eigenvalue weighted by atomic mass is 9.97. The molecule has 240 valence electrons. The van der Waals surface area contributed by atoms with Crippen molar-refractivity contribution < 1.29 is 28.5 Å². The van der Waals surface area contributed by atoms with Gasteiger partial charge in [-0.2, -0.15) is 0 Å². The van der Waals surface area contributed by atoms with Crippen LogP contribution in [0.2, 0.25) is 5.02 Å². The number of fused-ring (bicyclic) bond motifs is 1. The van der Waals surface area contributed by atoms with Gasteiger partial charge in [-0.3, -0.25) is 9.36 Å². The van der Waals surface area contributed by atoms with Gasteiger partial charge in [0.05, 0.1) is 46.6 Å². The average Bonchev–Trinajstić information content (AvgIpc) is 3.35. The van der Waals surface area contributed by atoms with Gasteiger partial charge < -0.3 is 23.7 Å². The van der Waals surface area contributed by atoms with E-state index in [0.717, 1.165) is 14.7 Å². The van der Waals surface area contributed by atoms with Crippen molar-refractivity contribution >= 4 is 57.6 Å². The lowest BCUT2D eigenvalue weighted by molar-refractivity contribution is -0.136. The maximum atomic E-state index is 14.1. The van der Waals surface area contributed by atoms with E-state index in [1.54, 1.807) is 18.2 Å². The zero-order chi connectivity index (χ0) is 32.8. The molecule has 0 amide bonds. The summed E-state index contributed by atoms with van der Waals surface area (Å²) in [5.74, 6) is 1.66. The standard InChI is InChI=1S/C34H32ClIN2O7S/c1-5-42-26-12-11-22(17-27(26)43-6-2)30-24(33(40)41-4)18-37-34-38(30)32(39)29(46-34)16-21-14-25(36)31(28(15-21)44-7-3)45-19-20-9-8-10-23(35)13-20/h8-18,30H,5-7,19H2,1-4H3/b29-16+/t30-/m0/s1. The van der Waals surface area contributed by atoms with Gasteiger partial charge in [-0.15, -0.1) is 0 Å². The molecule has 3 aromatic carbocycles. The Morgan fingerprint density at radius 1 is 0.978 bits per heavy atom. The highest BCUT2D eigenvalue weighted by Gasteiger charge is 2.31. The first-order chi connectivity index (χ1) is 22.3. The first-order valence-corrected chi connectivity index (χ1v) is 16.9. The number of thiazole rings is 1. The Balaban J connectivity index is 1.57. The molecule has 0 spiro atoms. The summed E-state index contributed by atoms with van der Waals surface area (Å²) in [5, 5.41) is 0.635. The van der Waals surface area contributed by atoms with Crippen LogP contribution in [0.15, 0.2) is 76.2 Å². The summed E-state index contributed by atoms with van der Waals surface area (Å²) in [6.07, 6.45) is 3.25. The van der Waals surface area contributed by atoms with E-state index in [9.17, 15) is 9.59 Å². The van der Waals surface area contributed by atoms with Crippen molar-refractivity contribution in [3.8, 4) is 23.0 Å². The van der Waals surface area contributed by atoms with Gasteiger partial charge >= 0.3 is 5.97 Å². The number of aromatic nitrogens is 1. The maximum Gasteiger partial charge on any atom is 0.337 e. The molecule has 1 aromatic heterocycles. The van der Waals surface area contributed by atoms with Crippen molar-refractivity contribution in [1.82, 2.24) is 4.57 Å². The first kappa shape index (κ1) is 33.6. The van der Waals surface area contributed by atoms with Gasteiger partial charge in [-0.05, 0) is 103 Å². The smallest absolute Gasteiger partial charge is 0.337 e. The van der Waals surface area contributed by atoms with Crippen LogP contribution in [0, 0.1) is 3.57 Å². The van der Waals surface area contributed by atoms with Gasteiger partial charge in [-0.1, -0.05) is 41.1 Å². The van der Waals surface area contributed by atoms with Crippen LogP contribution in [-0.4, -0.2) is 37.5 Å². The monoisotopic (exact) mass is 774 g/mol. The van der Waals surface area contributed by atoms with E-state index in [2.05, 4.69) is 27.6 Å². The van der Waals surface area contributed by atoms with Crippen molar-refractivity contribution in [3.63, 3.8) is 0 Å². The Kier molecular flexibility index (Phi) is 11.1. The van der Waals surface area contributed by atoms with Gasteiger partial charge in [-0.25, -0.2) is 9.79 Å². The lowest BCUT2D eigenvalue weighted by Gasteiger charge is -2.23. The van der Waals surface area contributed by atoms with E-state index in [1.807, 2.05) is 63.2 Å². The quantitative estimate of drug-likeness (QED) is 0.128. The third-order valence-corrected chi connectivity index (χ3v) is 8.94. The van der Waals surface area contributed by atoms with E-state index in [-0.39, 0.29) is 11.1 Å². The fourth-order valence-corrected chi connectivity index (χ4v) is 6.96. The molecule has 0 aliphatic carbocycles. The zero-order valence-corrected chi connectivity index (χ0v) is 29.4. The van der Waals surface area contributed by atoms with Crippen molar-refractivity contribution in [1.29, 1.82) is 0 Å². The minimum Gasteiger partial charge on any atom is -0.490 e. The molecule has 12 heteroatoms. The number of carbonyl (C=O) groups is 1. The molecule has 0 radical (unpaired) electrons. The number of rotatable bonds is 12. The van der Waals surface area contributed by atoms with Gasteiger partial charge in [0.1, 0.15) is 6.61 Å². The summed E-state index contributed by atoms with van der Waals surface area (Å²) in [4.78, 5) is 31.9. The third kappa shape index (κ3) is 7.26. The molecule has 4 aromatic rings. The molecule has 1 atom stereocenters. The summed E-state index contributed by atoms with van der Waals surface area (Å²) in [5.41, 5.74) is 2.25. The Morgan fingerprint density at radius 3 is 2.43 bits per heavy atom. The highest BCUT2D eigenvalue weighted by Crippen LogP contribution is 2.36. The highest BCUT2D eigenvalue weighted by molar-refractivity contribution is 14.1. The molecule has 9 nitrogen and oxygen atoms in total. The molecule has 0 bridgehead atoms. The van der Waals surface area contributed by atoms with Crippen LogP contribution in [0.3, 0.4) is 0 Å². The predicted molar refractivity (Wildman–Crippen MR) is 186 cm³/mol. The fourth-order valence-electron chi connectivity index (χ4n) is 5.00. The minimum atomic E-state index is -0.790. The second-order valence-electron chi connectivity index (χ2n) is 9.93. The summed E-state index contributed by atoms with van der Waals surface area (Å²) < 4.78 is 31.5. The topological polar surface area (TPSA) is 97.6 Å². The van der Waals surface area contributed by atoms with Crippen LogP contribution in [0.4, 0.5) is 0 Å². The highest BCUT2D eigenvalue weighted by atomic mass is 127. The van der Waals surface area contributed by atoms with E-state index in [0.29, 0.717) is 69.3 Å². The summed E-state index contributed by atoms with van der Waals surface area (Å²) in [6, 6.07) is 15.8. The molecule has 5 rings (SSSR count). The molecule has 1 aliphatic rings. The van der Waals surface area contributed by atoms with Crippen molar-refractivity contribution in [2.24, 2.45) is 4.99 Å². The Hall–Kier alpha value is -3.81. The second-order valence-corrected chi connectivity index (χ2v) is 12.5. The van der Waals surface area contributed by atoms with Crippen LogP contribution in [0.1, 0.15) is 43.5 Å². The molecule has 46 heavy (non-hydrogen) atoms. The number of halogens is 2. The van der Waals surface area contributed by atoms with Crippen molar-refractivity contribution in [2.75, 3.05) is 26.9 Å². The Morgan fingerprint density at radius 2 is 1.72 bits per heavy atom.